The van der Waals surface area contributed by atoms with Crippen LogP contribution in [0.3, 0.4) is 0 Å². The maximum Gasteiger partial charge on any atom is 0.150 e. The van der Waals surface area contributed by atoms with Crippen LogP contribution in [0.2, 0.25) is 0 Å². The fourth-order valence-corrected chi connectivity index (χ4v) is 4.78. The van der Waals surface area contributed by atoms with Gasteiger partial charge in [0, 0.05) is 0 Å². The van der Waals surface area contributed by atoms with Crippen molar-refractivity contribution in [1.29, 1.82) is 0 Å². The minimum Gasteiger partial charge on any atom is -0.501 e. The maximum absolute atomic E-state index is 11.8. The van der Waals surface area contributed by atoms with E-state index in [-0.39, 0.29) is 0 Å². The molecule has 1 aromatic carbocycles. The van der Waals surface area contributed by atoms with Crippen LogP contribution in [-0.4, -0.2) is 26.5 Å². The van der Waals surface area contributed by atoms with Gasteiger partial charge in [0.2, 0.25) is 0 Å². The molecule has 0 bridgehead atoms. The van der Waals surface area contributed by atoms with Crippen molar-refractivity contribution in [1.82, 2.24) is 0 Å². The topological polar surface area (TPSA) is 43.4 Å². The van der Waals surface area contributed by atoms with E-state index in [9.17, 15) is 8.42 Å². The van der Waals surface area contributed by atoms with E-state index >= 15 is 0 Å². The molecule has 1 aromatic rings. The van der Waals surface area contributed by atoms with Crippen LogP contribution in [0.15, 0.2) is 36.6 Å². The number of benzene rings is 1. The predicted molar refractivity (Wildman–Crippen MR) is 91.3 cm³/mol. The van der Waals surface area contributed by atoms with Gasteiger partial charge in [-0.2, -0.15) is 0 Å². The average molecular weight is 322 g/mol. The Balaban J connectivity index is 1.71. The summed E-state index contributed by atoms with van der Waals surface area (Å²) < 4.78 is 29.2. The van der Waals surface area contributed by atoms with Gasteiger partial charge in [-0.15, -0.1) is 0 Å². The molecule has 1 fully saturated rings. The maximum atomic E-state index is 11.8. The first-order valence-corrected chi connectivity index (χ1v) is 9.93. The monoisotopic (exact) mass is 322 g/mol. The Morgan fingerprint density at radius 3 is 2.82 bits per heavy atom. The lowest BCUT2D eigenvalue weighted by Crippen LogP contribution is -2.16. The molecule has 0 N–H and O–H groups in total. The van der Waals surface area contributed by atoms with Crippen molar-refractivity contribution >= 4 is 15.4 Å². The summed E-state index contributed by atoms with van der Waals surface area (Å²) in [7, 11) is -2.81. The number of ether oxygens (including phenoxy) is 1. The van der Waals surface area contributed by atoms with Crippen LogP contribution < -0.4 is 0 Å². The number of hydrogen-bond acceptors (Lipinski definition) is 3. The minimum atomic E-state index is -2.81. The molecule has 22 heavy (non-hydrogen) atoms. The van der Waals surface area contributed by atoms with Gasteiger partial charge in [-0.1, -0.05) is 36.8 Å². The van der Waals surface area contributed by atoms with Crippen LogP contribution >= 0.6 is 0 Å². The molecule has 0 amide bonds. The van der Waals surface area contributed by atoms with E-state index in [1.807, 2.05) is 25.1 Å². The number of rotatable bonds is 6. The van der Waals surface area contributed by atoms with Crippen molar-refractivity contribution in [2.24, 2.45) is 5.92 Å². The van der Waals surface area contributed by atoms with Crippen LogP contribution in [0.25, 0.3) is 5.57 Å². The molecular formula is C18H26O3S. The van der Waals surface area contributed by atoms with E-state index in [4.69, 9.17) is 4.74 Å². The largest absolute Gasteiger partial charge is 0.501 e. The molecule has 1 aliphatic rings. The van der Waals surface area contributed by atoms with Gasteiger partial charge in [-0.3, -0.25) is 0 Å². The third kappa shape index (κ3) is 5.84. The molecule has 1 unspecified atom stereocenters. The van der Waals surface area contributed by atoms with Gasteiger partial charge in [-0.25, -0.2) is 8.42 Å². The molecule has 1 saturated heterocycles. The molecule has 122 valence electrons. The second kappa shape index (κ2) is 8.37. The van der Waals surface area contributed by atoms with E-state index < -0.39 is 9.84 Å². The van der Waals surface area contributed by atoms with Crippen molar-refractivity contribution < 1.29 is 13.2 Å². The number of sulfone groups is 1. The fraction of sp³-hybridized carbons (Fsp3) is 0.556. The summed E-state index contributed by atoms with van der Waals surface area (Å²) in [6, 6.07) is 10.1. The third-order valence-electron chi connectivity index (χ3n) is 4.17. The summed E-state index contributed by atoms with van der Waals surface area (Å²) in [6.07, 6.45) is 6.57. The SMILES string of the molecule is C/C(=C/OCCCC1CCCCS(=O)(=O)C1)c1ccccc1. The van der Waals surface area contributed by atoms with Gasteiger partial charge in [-0.05, 0) is 49.7 Å². The molecule has 1 heterocycles. The first kappa shape index (κ1) is 17.1. The molecule has 0 spiro atoms. The van der Waals surface area contributed by atoms with Gasteiger partial charge in [0.25, 0.3) is 0 Å². The summed E-state index contributed by atoms with van der Waals surface area (Å²) in [5.41, 5.74) is 2.27. The quantitative estimate of drug-likeness (QED) is 0.586. The molecule has 0 aliphatic carbocycles. The summed E-state index contributed by atoms with van der Waals surface area (Å²) in [4.78, 5) is 0. The second-order valence-electron chi connectivity index (χ2n) is 6.16. The van der Waals surface area contributed by atoms with E-state index in [1.165, 1.54) is 0 Å². The number of hydrogen-bond donors (Lipinski definition) is 0. The highest BCUT2D eigenvalue weighted by molar-refractivity contribution is 7.91. The van der Waals surface area contributed by atoms with E-state index in [2.05, 4.69) is 12.1 Å². The Labute approximate surface area is 134 Å². The average Bonchev–Trinajstić information content (AvgIpc) is 2.68. The van der Waals surface area contributed by atoms with Gasteiger partial charge in [0.15, 0.2) is 9.84 Å². The summed E-state index contributed by atoms with van der Waals surface area (Å²) in [5, 5.41) is 0. The Morgan fingerprint density at radius 2 is 2.05 bits per heavy atom. The molecule has 0 radical (unpaired) electrons. The summed E-state index contributed by atoms with van der Waals surface area (Å²) in [6.45, 7) is 2.69. The van der Waals surface area contributed by atoms with Crippen molar-refractivity contribution in [2.45, 2.75) is 39.0 Å². The molecule has 0 aromatic heterocycles. The fourth-order valence-electron chi connectivity index (χ4n) is 2.92. The Hall–Kier alpha value is -1.29. The van der Waals surface area contributed by atoms with Crippen LogP contribution in [0.1, 0.15) is 44.6 Å². The lowest BCUT2D eigenvalue weighted by Gasteiger charge is -2.13. The van der Waals surface area contributed by atoms with Crippen LogP contribution in [0.5, 0.6) is 0 Å². The van der Waals surface area contributed by atoms with Crippen LogP contribution in [0, 0.1) is 5.92 Å². The highest BCUT2D eigenvalue weighted by Crippen LogP contribution is 2.22. The van der Waals surface area contributed by atoms with Gasteiger partial charge < -0.3 is 4.74 Å². The zero-order chi connectivity index (χ0) is 15.8. The highest BCUT2D eigenvalue weighted by Gasteiger charge is 2.22. The molecular weight excluding hydrogens is 296 g/mol. The molecule has 1 aliphatic heterocycles. The lowest BCUT2D eigenvalue weighted by atomic mass is 9.99. The first-order chi connectivity index (χ1) is 10.6. The van der Waals surface area contributed by atoms with Crippen molar-refractivity contribution in [2.75, 3.05) is 18.1 Å². The molecule has 3 nitrogen and oxygen atoms in total. The number of allylic oxidation sites excluding steroid dienone is 1. The Morgan fingerprint density at radius 1 is 1.27 bits per heavy atom. The standard InChI is InChI=1S/C18H26O3S/c1-16(18-10-3-2-4-11-18)14-21-12-7-9-17-8-5-6-13-22(19,20)15-17/h2-4,10-11,14,17H,5-9,12-13,15H2,1H3/b16-14-. The van der Waals surface area contributed by atoms with Gasteiger partial charge >= 0.3 is 0 Å². The summed E-state index contributed by atoms with van der Waals surface area (Å²) in [5.74, 6) is 1.06. The highest BCUT2D eigenvalue weighted by atomic mass is 32.2. The first-order valence-electron chi connectivity index (χ1n) is 8.11. The summed E-state index contributed by atoms with van der Waals surface area (Å²) >= 11 is 0. The zero-order valence-corrected chi connectivity index (χ0v) is 14.1. The van der Waals surface area contributed by atoms with Crippen molar-refractivity contribution in [3.63, 3.8) is 0 Å². The smallest absolute Gasteiger partial charge is 0.150 e. The molecule has 1 atom stereocenters. The van der Waals surface area contributed by atoms with E-state index in [0.717, 1.165) is 43.2 Å². The van der Waals surface area contributed by atoms with Crippen molar-refractivity contribution in [3.8, 4) is 0 Å². The molecule has 4 heteroatoms. The normalized spacial score (nSPS) is 22.0. The van der Waals surface area contributed by atoms with Gasteiger partial charge in [0.05, 0.1) is 24.4 Å². The van der Waals surface area contributed by atoms with Gasteiger partial charge in [0.1, 0.15) is 0 Å². The zero-order valence-electron chi connectivity index (χ0n) is 13.3. The Kier molecular flexibility index (Phi) is 6.49. The second-order valence-corrected chi connectivity index (χ2v) is 8.38. The molecule has 2 rings (SSSR count). The van der Waals surface area contributed by atoms with Crippen LogP contribution in [-0.2, 0) is 14.6 Å². The van der Waals surface area contributed by atoms with E-state index in [0.29, 0.717) is 24.0 Å². The Bertz CT molecular complexity index is 576. The third-order valence-corrected chi connectivity index (χ3v) is 6.06. The van der Waals surface area contributed by atoms with Crippen molar-refractivity contribution in [3.05, 3.63) is 42.2 Å². The van der Waals surface area contributed by atoms with Crippen LogP contribution in [0.4, 0.5) is 0 Å². The lowest BCUT2D eigenvalue weighted by molar-refractivity contribution is 0.234. The minimum absolute atomic E-state index is 0.315. The van der Waals surface area contributed by atoms with E-state index in [1.54, 1.807) is 6.26 Å². The predicted octanol–water partition coefficient (Wildman–Crippen LogP) is 4.06. The molecule has 0 saturated carbocycles.